The molecule has 3 rings (SSSR count). The first-order valence-electron chi connectivity index (χ1n) is 16.4. The monoisotopic (exact) mass is 656 g/mol. The predicted octanol–water partition coefficient (Wildman–Crippen LogP) is 8.90. The zero-order valence-electron chi connectivity index (χ0n) is 27.6. The van der Waals surface area contributed by atoms with Crippen molar-refractivity contribution >= 4 is 37.2 Å². The highest BCUT2D eigenvalue weighted by molar-refractivity contribution is 7.13. The van der Waals surface area contributed by atoms with Gasteiger partial charge < -0.3 is 23.7 Å². The fraction of sp³-hybridized carbons (Fsp3) is 0.794. The van der Waals surface area contributed by atoms with Gasteiger partial charge >= 0.3 is 5.97 Å². The van der Waals surface area contributed by atoms with Gasteiger partial charge in [-0.3, -0.25) is 0 Å². The van der Waals surface area contributed by atoms with Crippen molar-refractivity contribution in [1.82, 2.24) is 0 Å². The number of hydrogen-bond donors (Lipinski definition) is 1. The highest BCUT2D eigenvalue weighted by atomic mass is 35.5. The predicted molar refractivity (Wildman–Crippen MR) is 180 cm³/mol. The van der Waals surface area contributed by atoms with E-state index in [9.17, 15) is 9.90 Å². The van der Waals surface area contributed by atoms with Crippen molar-refractivity contribution in [2.75, 3.05) is 13.7 Å². The van der Waals surface area contributed by atoms with E-state index >= 15 is 0 Å². The molecule has 0 aromatic carbocycles. The van der Waals surface area contributed by atoms with Crippen molar-refractivity contribution in [1.29, 1.82) is 0 Å². The summed E-state index contributed by atoms with van der Waals surface area (Å²) in [6.45, 7) is 14.4. The van der Waals surface area contributed by atoms with Gasteiger partial charge in [-0.05, 0) is 101 Å². The molecule has 2 aliphatic rings. The van der Waals surface area contributed by atoms with E-state index in [0.717, 1.165) is 77.2 Å². The number of ether oxygens (including phenoxy) is 3. The lowest BCUT2D eigenvalue weighted by molar-refractivity contribution is -0.192. The van der Waals surface area contributed by atoms with Crippen LogP contribution in [0.25, 0.3) is 0 Å². The molecule has 0 bridgehead atoms. The number of carbonyl (C=O) groups is 1. The standard InChI is InChI=1S/C34H57ClO6SSi/c1-24(41-43(6,7)34(2,3)4)13-8-9-14-25(36)18-20-28-27(16-12-15-26-19-21-31(42-26)33(37)38-5)29(35)23-30(28)40-32-17-10-11-22-39-32/h18-21,24-25,27-30,32,36H,8-17,22-23H2,1-7H3/t24-,25-,27-,28-,29-,30-,32?/m1/s1. The molecule has 2 fully saturated rings. The summed E-state index contributed by atoms with van der Waals surface area (Å²) in [5.74, 6) is 0.109. The van der Waals surface area contributed by atoms with Gasteiger partial charge in [-0.25, -0.2) is 4.79 Å². The molecule has 1 unspecified atom stereocenters. The number of methoxy groups -OCH3 is 1. The molecule has 7 atom stereocenters. The first kappa shape index (κ1) is 36.7. The molecule has 2 heterocycles. The quantitative estimate of drug-likeness (QED) is 0.0630. The highest BCUT2D eigenvalue weighted by Crippen LogP contribution is 2.43. The second-order valence-electron chi connectivity index (χ2n) is 14.0. The maximum absolute atomic E-state index is 11.8. The molecule has 1 saturated carbocycles. The van der Waals surface area contributed by atoms with Crippen LogP contribution >= 0.6 is 22.9 Å². The Balaban J connectivity index is 1.53. The number of rotatable bonds is 16. The molecule has 9 heteroatoms. The molecular formula is C34H57ClO6SSi. The molecular weight excluding hydrogens is 600 g/mol. The summed E-state index contributed by atoms with van der Waals surface area (Å²) in [5, 5.41) is 11.1. The minimum absolute atomic E-state index is 0.0109. The van der Waals surface area contributed by atoms with Crippen molar-refractivity contribution < 1.29 is 28.5 Å². The van der Waals surface area contributed by atoms with E-state index < -0.39 is 14.4 Å². The number of halogens is 1. The Kier molecular flexibility index (Phi) is 14.7. The summed E-state index contributed by atoms with van der Waals surface area (Å²) in [6, 6.07) is 3.86. The summed E-state index contributed by atoms with van der Waals surface area (Å²) in [4.78, 5) is 13.7. The number of esters is 1. The summed E-state index contributed by atoms with van der Waals surface area (Å²) in [7, 11) is -0.345. The maximum atomic E-state index is 11.8. The van der Waals surface area contributed by atoms with Crippen LogP contribution in [0, 0.1) is 11.8 Å². The smallest absolute Gasteiger partial charge is 0.348 e. The molecule has 1 aliphatic heterocycles. The topological polar surface area (TPSA) is 74.2 Å². The average molecular weight is 657 g/mol. The third-order valence-electron chi connectivity index (χ3n) is 9.54. The van der Waals surface area contributed by atoms with Gasteiger partial charge in [0.1, 0.15) is 4.88 Å². The zero-order valence-corrected chi connectivity index (χ0v) is 30.2. The van der Waals surface area contributed by atoms with Crippen molar-refractivity contribution in [3.63, 3.8) is 0 Å². The van der Waals surface area contributed by atoms with E-state index in [4.69, 9.17) is 30.2 Å². The third kappa shape index (κ3) is 11.5. The minimum Gasteiger partial charge on any atom is -0.465 e. The van der Waals surface area contributed by atoms with Gasteiger partial charge in [0.25, 0.3) is 0 Å². The summed E-state index contributed by atoms with van der Waals surface area (Å²) >= 11 is 8.47. The number of unbranched alkanes of at least 4 members (excludes halogenated alkanes) is 1. The Labute approximate surface area is 271 Å². The van der Waals surface area contributed by atoms with Gasteiger partial charge in [0.15, 0.2) is 14.6 Å². The number of hydrogen-bond acceptors (Lipinski definition) is 7. The van der Waals surface area contributed by atoms with E-state index in [-0.39, 0.29) is 46.7 Å². The summed E-state index contributed by atoms with van der Waals surface area (Å²) in [5.41, 5.74) is 0. The maximum Gasteiger partial charge on any atom is 0.348 e. The minimum atomic E-state index is -1.76. The number of aliphatic hydroxyl groups is 1. The summed E-state index contributed by atoms with van der Waals surface area (Å²) < 4.78 is 23.8. The van der Waals surface area contributed by atoms with E-state index in [1.54, 1.807) is 0 Å². The van der Waals surface area contributed by atoms with Gasteiger partial charge in [-0.15, -0.1) is 22.9 Å². The number of aliphatic hydroxyl groups excluding tert-OH is 1. The van der Waals surface area contributed by atoms with Crippen LogP contribution in [-0.2, 0) is 25.1 Å². The van der Waals surface area contributed by atoms with Crippen LogP contribution in [0.5, 0.6) is 0 Å². The van der Waals surface area contributed by atoms with Crippen LogP contribution in [0.15, 0.2) is 24.3 Å². The van der Waals surface area contributed by atoms with Crippen LogP contribution < -0.4 is 0 Å². The Morgan fingerprint density at radius 3 is 2.63 bits per heavy atom. The van der Waals surface area contributed by atoms with Crippen LogP contribution in [-0.4, -0.2) is 63.1 Å². The second-order valence-corrected chi connectivity index (χ2v) is 20.5. The molecule has 1 aromatic heterocycles. The van der Waals surface area contributed by atoms with Crippen molar-refractivity contribution in [3.05, 3.63) is 34.0 Å². The average Bonchev–Trinajstić information content (AvgIpc) is 3.53. The summed E-state index contributed by atoms with van der Waals surface area (Å²) in [6.07, 6.45) is 14.2. The number of alkyl halides is 1. The fourth-order valence-corrected chi connectivity index (χ4v) is 8.90. The van der Waals surface area contributed by atoms with Gasteiger partial charge in [0, 0.05) is 28.9 Å². The van der Waals surface area contributed by atoms with Gasteiger partial charge in [0.2, 0.25) is 0 Å². The molecule has 246 valence electrons. The van der Waals surface area contributed by atoms with Crippen molar-refractivity contribution in [2.24, 2.45) is 11.8 Å². The van der Waals surface area contributed by atoms with E-state index in [1.165, 1.54) is 23.3 Å². The van der Waals surface area contributed by atoms with E-state index in [2.05, 4.69) is 46.9 Å². The van der Waals surface area contributed by atoms with Gasteiger partial charge in [-0.1, -0.05) is 45.8 Å². The molecule has 1 aliphatic carbocycles. The third-order valence-corrected chi connectivity index (χ3v) is 15.8. The number of aryl methyl sites for hydroxylation is 1. The van der Waals surface area contributed by atoms with Gasteiger partial charge in [0.05, 0.1) is 19.3 Å². The second kappa shape index (κ2) is 17.3. The van der Waals surface area contributed by atoms with Crippen LogP contribution in [0.3, 0.4) is 0 Å². The Morgan fingerprint density at radius 2 is 1.95 bits per heavy atom. The lowest BCUT2D eigenvalue weighted by Gasteiger charge is -2.38. The fourth-order valence-electron chi connectivity index (χ4n) is 5.98. The number of thiophene rings is 1. The lowest BCUT2D eigenvalue weighted by Crippen LogP contribution is -2.43. The molecule has 1 saturated heterocycles. The van der Waals surface area contributed by atoms with Gasteiger partial charge in [-0.2, -0.15) is 0 Å². The first-order valence-corrected chi connectivity index (χ1v) is 20.6. The first-order chi connectivity index (χ1) is 20.3. The Hall–Kier alpha value is -0.743. The lowest BCUT2D eigenvalue weighted by atomic mass is 9.88. The number of carbonyl (C=O) groups excluding carboxylic acids is 1. The molecule has 1 aromatic rings. The highest BCUT2D eigenvalue weighted by Gasteiger charge is 2.43. The van der Waals surface area contributed by atoms with Crippen LogP contribution in [0.1, 0.15) is 106 Å². The molecule has 0 radical (unpaired) electrons. The van der Waals surface area contributed by atoms with Crippen LogP contribution in [0.4, 0.5) is 0 Å². The molecule has 1 N–H and O–H groups in total. The van der Waals surface area contributed by atoms with Crippen molar-refractivity contribution in [2.45, 2.75) is 146 Å². The normalized spacial score (nSPS) is 26.6. The zero-order chi connectivity index (χ0) is 31.6. The Bertz CT molecular complexity index is 1000. The molecule has 43 heavy (non-hydrogen) atoms. The van der Waals surface area contributed by atoms with Crippen LogP contribution in [0.2, 0.25) is 18.1 Å². The van der Waals surface area contributed by atoms with Crippen molar-refractivity contribution in [3.8, 4) is 0 Å². The molecule has 0 amide bonds. The van der Waals surface area contributed by atoms with E-state index in [1.807, 2.05) is 18.2 Å². The van der Waals surface area contributed by atoms with E-state index in [0.29, 0.717) is 4.88 Å². The SMILES string of the molecule is COC(=O)c1ccc(CCC[C@@H]2[C@@H](C=C[C@H](O)CCCC[C@@H](C)O[Si](C)(C)C(C)(C)C)[C@H](OC3CCCCO3)C[C@H]2Cl)s1. The largest absolute Gasteiger partial charge is 0.465 e. The Morgan fingerprint density at radius 1 is 1.21 bits per heavy atom. The molecule has 0 spiro atoms. The molecule has 6 nitrogen and oxygen atoms in total.